The Kier molecular flexibility index (Phi) is 4.51. The maximum absolute atomic E-state index is 13.1. The van der Waals surface area contributed by atoms with E-state index in [2.05, 4.69) is 59.4 Å². The molecule has 1 atom stereocenters. The van der Waals surface area contributed by atoms with Gasteiger partial charge in [0.2, 0.25) is 0 Å². The Morgan fingerprint density at radius 1 is 1.04 bits per heavy atom. The van der Waals surface area contributed by atoms with E-state index < -0.39 is 0 Å². The number of hydrogen-bond acceptors (Lipinski definition) is 1. The molecule has 2 aliphatic rings. The average Bonchev–Trinajstić information content (AvgIpc) is 3.11. The summed E-state index contributed by atoms with van der Waals surface area (Å²) in [6.07, 6.45) is 8.11. The zero-order valence-corrected chi connectivity index (χ0v) is 14.9. The van der Waals surface area contributed by atoms with Crippen LogP contribution in [-0.2, 0) is 6.54 Å². The lowest BCUT2D eigenvalue weighted by atomic mass is 9.95. The lowest BCUT2D eigenvalue weighted by molar-refractivity contribution is 0.162. The van der Waals surface area contributed by atoms with Crippen molar-refractivity contribution in [1.29, 1.82) is 0 Å². The standard InChI is InChI=1S/C21H27N3O/c1-16-9-11-17(12-10-16)20-19-8-5-13-23(19)14-15-24(20)21(25)22-18-6-3-2-4-7-18/h5,8-13,18,20H,2-4,6-7,14-15H2,1H3,(H,22,25)/t20-/m0/s1. The molecule has 4 heteroatoms. The van der Waals surface area contributed by atoms with Crippen LogP contribution < -0.4 is 5.32 Å². The number of aromatic nitrogens is 1. The topological polar surface area (TPSA) is 37.3 Å². The van der Waals surface area contributed by atoms with Gasteiger partial charge in [-0.1, -0.05) is 49.1 Å². The first-order chi connectivity index (χ1) is 12.2. The molecule has 1 saturated carbocycles. The van der Waals surface area contributed by atoms with Crippen molar-refractivity contribution < 1.29 is 4.79 Å². The molecule has 0 spiro atoms. The van der Waals surface area contributed by atoms with Gasteiger partial charge >= 0.3 is 6.03 Å². The highest BCUT2D eigenvalue weighted by Crippen LogP contribution is 2.32. The summed E-state index contributed by atoms with van der Waals surface area (Å²) in [7, 11) is 0. The van der Waals surface area contributed by atoms with Crippen molar-refractivity contribution >= 4 is 6.03 Å². The van der Waals surface area contributed by atoms with Crippen molar-refractivity contribution in [2.24, 2.45) is 0 Å². The average molecular weight is 337 g/mol. The molecule has 132 valence electrons. The number of aryl methyl sites for hydroxylation is 1. The van der Waals surface area contributed by atoms with Gasteiger partial charge in [-0.3, -0.25) is 0 Å². The molecule has 2 heterocycles. The summed E-state index contributed by atoms with van der Waals surface area (Å²) in [6.45, 7) is 3.71. The Morgan fingerprint density at radius 3 is 2.56 bits per heavy atom. The largest absolute Gasteiger partial charge is 0.348 e. The fourth-order valence-corrected chi connectivity index (χ4v) is 4.21. The molecule has 1 aliphatic carbocycles. The minimum Gasteiger partial charge on any atom is -0.348 e. The van der Waals surface area contributed by atoms with Crippen molar-refractivity contribution in [1.82, 2.24) is 14.8 Å². The molecule has 0 bridgehead atoms. The highest BCUT2D eigenvalue weighted by Gasteiger charge is 2.33. The molecule has 2 aromatic rings. The van der Waals surface area contributed by atoms with Gasteiger partial charge in [0.1, 0.15) is 0 Å². The molecule has 1 aromatic heterocycles. The predicted molar refractivity (Wildman–Crippen MR) is 99.6 cm³/mol. The van der Waals surface area contributed by atoms with Crippen molar-refractivity contribution in [3.63, 3.8) is 0 Å². The normalized spacial score (nSPS) is 21.0. The number of benzene rings is 1. The third-order valence-corrected chi connectivity index (χ3v) is 5.62. The number of carbonyl (C=O) groups is 1. The van der Waals surface area contributed by atoms with Crippen LogP contribution in [0.5, 0.6) is 0 Å². The highest BCUT2D eigenvalue weighted by molar-refractivity contribution is 5.76. The van der Waals surface area contributed by atoms with Crippen LogP contribution in [0.4, 0.5) is 4.79 Å². The van der Waals surface area contributed by atoms with Gasteiger partial charge in [-0.15, -0.1) is 0 Å². The number of fused-ring (bicyclic) bond motifs is 1. The minimum absolute atomic E-state index is 0.00654. The predicted octanol–water partition coefficient (Wildman–Crippen LogP) is 4.24. The summed E-state index contributed by atoms with van der Waals surface area (Å²) in [5, 5.41) is 3.30. The van der Waals surface area contributed by atoms with Gasteiger partial charge in [0.25, 0.3) is 0 Å². The van der Waals surface area contributed by atoms with E-state index in [0.29, 0.717) is 6.04 Å². The van der Waals surface area contributed by atoms with Crippen LogP contribution in [0, 0.1) is 6.92 Å². The van der Waals surface area contributed by atoms with Crippen LogP contribution in [0.3, 0.4) is 0 Å². The number of nitrogens with one attached hydrogen (secondary N) is 1. The maximum atomic E-state index is 13.1. The second-order valence-corrected chi connectivity index (χ2v) is 7.42. The Balaban J connectivity index is 1.61. The minimum atomic E-state index is -0.00654. The van der Waals surface area contributed by atoms with Crippen molar-refractivity contribution in [2.75, 3.05) is 6.54 Å². The summed E-state index contributed by atoms with van der Waals surface area (Å²) in [6, 6.07) is 13.2. The Hall–Kier alpha value is -2.23. The van der Waals surface area contributed by atoms with E-state index in [-0.39, 0.29) is 12.1 Å². The Morgan fingerprint density at radius 2 is 1.80 bits per heavy atom. The highest BCUT2D eigenvalue weighted by atomic mass is 16.2. The third-order valence-electron chi connectivity index (χ3n) is 5.62. The molecular weight excluding hydrogens is 310 g/mol. The number of carbonyl (C=O) groups excluding carboxylic acids is 1. The number of urea groups is 1. The Bertz CT molecular complexity index is 728. The molecule has 1 fully saturated rings. The number of amides is 2. The number of nitrogens with zero attached hydrogens (tertiary/aromatic N) is 2. The second-order valence-electron chi connectivity index (χ2n) is 7.42. The summed E-state index contributed by atoms with van der Waals surface area (Å²) < 4.78 is 2.27. The number of rotatable bonds is 2. The Labute approximate surface area is 149 Å². The van der Waals surface area contributed by atoms with E-state index in [1.807, 2.05) is 4.90 Å². The first-order valence-corrected chi connectivity index (χ1v) is 9.51. The smallest absolute Gasteiger partial charge is 0.318 e. The molecule has 2 amide bonds. The van der Waals surface area contributed by atoms with Crippen LogP contribution in [0.15, 0.2) is 42.6 Å². The molecule has 25 heavy (non-hydrogen) atoms. The third kappa shape index (κ3) is 3.30. The van der Waals surface area contributed by atoms with E-state index in [1.54, 1.807) is 0 Å². The first-order valence-electron chi connectivity index (χ1n) is 9.51. The molecule has 4 rings (SSSR count). The van der Waals surface area contributed by atoms with Gasteiger partial charge in [-0.05, 0) is 37.5 Å². The van der Waals surface area contributed by atoms with Gasteiger partial charge in [0, 0.05) is 31.0 Å². The zero-order chi connectivity index (χ0) is 17.2. The SMILES string of the molecule is Cc1ccc([C@H]2c3cccn3CCN2C(=O)NC2CCCCC2)cc1. The van der Waals surface area contributed by atoms with Gasteiger partial charge in [-0.25, -0.2) is 4.79 Å². The molecule has 0 radical (unpaired) electrons. The molecule has 1 N–H and O–H groups in total. The molecule has 4 nitrogen and oxygen atoms in total. The molecule has 1 aromatic carbocycles. The summed E-state index contributed by atoms with van der Waals surface area (Å²) in [5.74, 6) is 0. The lowest BCUT2D eigenvalue weighted by Crippen LogP contribution is -2.50. The van der Waals surface area contributed by atoms with Crippen molar-refractivity contribution in [3.8, 4) is 0 Å². The van der Waals surface area contributed by atoms with E-state index in [9.17, 15) is 4.79 Å². The van der Waals surface area contributed by atoms with Gasteiger partial charge in [0.05, 0.1) is 6.04 Å². The summed E-state index contributed by atoms with van der Waals surface area (Å²) in [5.41, 5.74) is 3.63. The van der Waals surface area contributed by atoms with E-state index in [0.717, 1.165) is 25.9 Å². The van der Waals surface area contributed by atoms with E-state index in [4.69, 9.17) is 0 Å². The molecule has 1 aliphatic heterocycles. The molecule has 0 unspecified atom stereocenters. The molecular formula is C21H27N3O. The van der Waals surface area contributed by atoms with Crippen LogP contribution in [0.1, 0.15) is 55.0 Å². The van der Waals surface area contributed by atoms with Crippen LogP contribution in [-0.4, -0.2) is 28.1 Å². The van der Waals surface area contributed by atoms with Gasteiger partial charge < -0.3 is 14.8 Å². The van der Waals surface area contributed by atoms with Gasteiger partial charge in [-0.2, -0.15) is 0 Å². The van der Waals surface area contributed by atoms with Crippen LogP contribution >= 0.6 is 0 Å². The first kappa shape index (κ1) is 16.2. The van der Waals surface area contributed by atoms with E-state index >= 15 is 0 Å². The zero-order valence-electron chi connectivity index (χ0n) is 14.9. The second kappa shape index (κ2) is 6.95. The lowest BCUT2D eigenvalue weighted by Gasteiger charge is -2.38. The summed E-state index contributed by atoms with van der Waals surface area (Å²) in [4.78, 5) is 15.1. The van der Waals surface area contributed by atoms with Crippen LogP contribution in [0.2, 0.25) is 0 Å². The quantitative estimate of drug-likeness (QED) is 0.874. The van der Waals surface area contributed by atoms with Crippen molar-refractivity contribution in [2.45, 2.75) is 57.7 Å². The van der Waals surface area contributed by atoms with Crippen molar-refractivity contribution in [3.05, 3.63) is 59.4 Å². The number of hydrogen-bond donors (Lipinski definition) is 1. The summed E-state index contributed by atoms with van der Waals surface area (Å²) >= 11 is 0. The molecule has 0 saturated heterocycles. The van der Waals surface area contributed by atoms with E-state index in [1.165, 1.54) is 36.1 Å². The van der Waals surface area contributed by atoms with Gasteiger partial charge in [0.15, 0.2) is 0 Å². The van der Waals surface area contributed by atoms with Crippen LogP contribution in [0.25, 0.3) is 0 Å². The fourth-order valence-electron chi connectivity index (χ4n) is 4.21. The monoisotopic (exact) mass is 337 g/mol. The maximum Gasteiger partial charge on any atom is 0.318 e. The fraction of sp³-hybridized carbons (Fsp3) is 0.476.